The molecule has 27 heteroatoms. The van der Waals surface area contributed by atoms with Crippen molar-refractivity contribution in [3.05, 3.63) is 147 Å². The summed E-state index contributed by atoms with van der Waals surface area (Å²) in [6.07, 6.45) is 14.6. The molecule has 0 spiro atoms. The summed E-state index contributed by atoms with van der Waals surface area (Å²) in [4.78, 5) is 113. The number of hydrogen-bond acceptors (Lipinski definition) is 27. The predicted molar refractivity (Wildman–Crippen MR) is 308 cm³/mol. The number of terminal acetylenes is 1. The Hall–Kier alpha value is -10.1. The molecule has 27 nitrogen and oxygen atoms in total. The van der Waals surface area contributed by atoms with E-state index in [9.17, 15) is 47.9 Å². The molecule has 0 aliphatic carbocycles. The van der Waals surface area contributed by atoms with Crippen LogP contribution in [0.25, 0.3) is 0 Å². The van der Waals surface area contributed by atoms with E-state index in [1.807, 2.05) is 0 Å². The number of carbonyl (C=O) groups is 10. The monoisotopic (exact) mass is 1230 g/mol. The molecule has 0 aromatic heterocycles. The highest BCUT2D eigenvalue weighted by molar-refractivity contribution is 6.15. The van der Waals surface area contributed by atoms with E-state index in [2.05, 4.69) is 88.8 Å². The van der Waals surface area contributed by atoms with Crippen LogP contribution in [0.1, 0.15) is 58.8 Å². The fraction of sp³-hybridized carbons (Fsp3) is 0.377. The zero-order chi connectivity index (χ0) is 67.0. The maximum absolute atomic E-state index is 12.6. The van der Waals surface area contributed by atoms with Gasteiger partial charge in [-0.05, 0) is 45.9 Å². The van der Waals surface area contributed by atoms with E-state index in [-0.39, 0.29) is 53.1 Å². The molecule has 3 atom stereocenters. The minimum atomic E-state index is -1.52. The number of benzene rings is 1. The smallest absolute Gasteiger partial charge is 0.346 e. The summed E-state index contributed by atoms with van der Waals surface area (Å²) in [6.45, 7) is 39.9. The molecule has 4 aliphatic rings. The third-order valence-electron chi connectivity index (χ3n) is 9.42. The number of nitriles is 2. The molecule has 88 heavy (non-hydrogen) atoms. The Morgan fingerprint density at radius 2 is 0.989 bits per heavy atom. The van der Waals surface area contributed by atoms with Gasteiger partial charge in [-0.1, -0.05) is 70.7 Å². The standard InChI is InChI=1S/C23H20O11.C8H10O3.C7H9NO3.C7H10O3.C6H10O2.C6H8O2.C4H5NO/c1-4-17(24)30-10-23(11-31-18(25)5-2,12-32-19(26)6-3)13-33-20(27)14-7-8-15-16(9-14)22(29)34-21(15)28;1-5(2)7(9)11-8(10)6(3)4;1-6(2)7(9)11-4-3-10-5-8;1-5(2)7(8)10-4-6-3-9-6;2*1-2-3-7-4-6-5-8-6;1-2-3-6-4-5/h4-9H,1-3,10-13H2;1,3H2,2,4H3;1,3-4H2,2H3;6H,1,3-4H2,2H3;2,6H,1,3-5H2;1,6H,3-5H2;2H,1,3H2. The van der Waals surface area contributed by atoms with Gasteiger partial charge in [0.25, 0.3) is 12.5 Å². The Morgan fingerprint density at radius 3 is 1.39 bits per heavy atom. The fourth-order valence-corrected chi connectivity index (χ4v) is 4.63. The molecule has 1 aromatic rings. The van der Waals surface area contributed by atoms with Crippen molar-refractivity contribution in [2.75, 3.05) is 99.1 Å². The van der Waals surface area contributed by atoms with Gasteiger partial charge in [0, 0.05) is 40.5 Å². The van der Waals surface area contributed by atoms with Crippen LogP contribution in [0, 0.1) is 40.8 Å². The molecule has 3 saturated heterocycles. The minimum Gasteiger partial charge on any atom is -0.462 e. The lowest BCUT2D eigenvalue weighted by atomic mass is 9.92. The summed E-state index contributed by atoms with van der Waals surface area (Å²) in [5.74, 6) is -5.02. The van der Waals surface area contributed by atoms with E-state index in [1.165, 1.54) is 44.6 Å². The maximum Gasteiger partial charge on any atom is 0.346 e. The number of hydrogen-bond donors (Lipinski definition) is 0. The van der Waals surface area contributed by atoms with Crippen molar-refractivity contribution < 1.29 is 119 Å². The van der Waals surface area contributed by atoms with Crippen molar-refractivity contribution >= 4 is 59.7 Å². The van der Waals surface area contributed by atoms with Crippen LogP contribution in [0.5, 0.6) is 0 Å². The molecular formula is C61H72N2O25. The molecule has 3 fully saturated rings. The zero-order valence-electron chi connectivity index (χ0n) is 49.5. The second-order valence-corrected chi connectivity index (χ2v) is 17.5. The van der Waals surface area contributed by atoms with Gasteiger partial charge < -0.3 is 71.1 Å². The second-order valence-electron chi connectivity index (χ2n) is 17.5. The van der Waals surface area contributed by atoms with E-state index in [4.69, 9.17) is 64.3 Å². The number of ether oxygens (including phenoxy) is 15. The Kier molecular flexibility index (Phi) is 42.9. The van der Waals surface area contributed by atoms with E-state index in [0.717, 1.165) is 44.1 Å². The van der Waals surface area contributed by atoms with Crippen LogP contribution in [0.4, 0.5) is 0 Å². The van der Waals surface area contributed by atoms with Crippen LogP contribution in [-0.4, -0.2) is 177 Å². The van der Waals surface area contributed by atoms with Crippen LogP contribution in [0.2, 0.25) is 0 Å². The predicted octanol–water partition coefficient (Wildman–Crippen LogP) is 4.94. The van der Waals surface area contributed by atoms with Crippen molar-refractivity contribution in [1.82, 2.24) is 0 Å². The highest BCUT2D eigenvalue weighted by Crippen LogP contribution is 2.25. The molecule has 3 unspecified atom stereocenters. The number of cyclic esters (lactones) is 2. The molecule has 0 amide bonds. The number of fused-ring (bicyclic) bond motifs is 1. The van der Waals surface area contributed by atoms with E-state index in [1.54, 1.807) is 19.9 Å². The molecule has 0 bridgehead atoms. The van der Waals surface area contributed by atoms with Crippen molar-refractivity contribution in [3.63, 3.8) is 0 Å². The molecule has 0 saturated carbocycles. The van der Waals surface area contributed by atoms with Crippen molar-refractivity contribution in [2.24, 2.45) is 5.41 Å². The second kappa shape index (κ2) is 47.2. The van der Waals surface area contributed by atoms with E-state index < -0.39 is 85.6 Å². The highest BCUT2D eigenvalue weighted by atomic mass is 16.6. The average Bonchev–Trinajstić information content (AvgIpc) is 4.28. The van der Waals surface area contributed by atoms with Gasteiger partial charge in [-0.25, -0.2) is 47.9 Å². The minimum absolute atomic E-state index is 0.0000840. The Labute approximate surface area is 509 Å². The van der Waals surface area contributed by atoms with Gasteiger partial charge in [0.2, 0.25) is 0 Å². The topological polar surface area (TPSA) is 367 Å². The molecule has 0 radical (unpaired) electrons. The summed E-state index contributed by atoms with van der Waals surface area (Å²) >= 11 is 0. The number of epoxide rings is 3. The molecule has 4 aliphatic heterocycles. The van der Waals surface area contributed by atoms with E-state index in [0.29, 0.717) is 63.0 Å². The first-order chi connectivity index (χ1) is 41.7. The number of nitrogens with zero attached hydrogens (tertiary/aromatic N) is 2. The first-order valence-corrected chi connectivity index (χ1v) is 25.6. The van der Waals surface area contributed by atoms with Crippen LogP contribution in [0.15, 0.2) is 130 Å². The largest absolute Gasteiger partial charge is 0.462 e. The summed E-state index contributed by atoms with van der Waals surface area (Å²) in [5, 5.41) is 15.6. The van der Waals surface area contributed by atoms with Crippen LogP contribution >= 0.6 is 0 Å². The zero-order valence-corrected chi connectivity index (χ0v) is 49.5. The van der Waals surface area contributed by atoms with Crippen LogP contribution < -0.4 is 0 Å². The van der Waals surface area contributed by atoms with Gasteiger partial charge in [-0.15, -0.1) is 13.0 Å². The number of rotatable bonds is 30. The molecule has 476 valence electrons. The van der Waals surface area contributed by atoms with Gasteiger partial charge in [0.15, 0.2) is 0 Å². The first-order valence-electron chi connectivity index (χ1n) is 25.6. The summed E-state index contributed by atoms with van der Waals surface area (Å²) in [7, 11) is 0. The molecule has 0 N–H and O–H groups in total. The van der Waals surface area contributed by atoms with Crippen molar-refractivity contribution in [3.8, 4) is 24.9 Å². The highest BCUT2D eigenvalue weighted by Gasteiger charge is 2.38. The van der Waals surface area contributed by atoms with Crippen molar-refractivity contribution in [1.29, 1.82) is 10.5 Å². The summed E-state index contributed by atoms with van der Waals surface area (Å²) < 4.78 is 71.5. The van der Waals surface area contributed by atoms with Gasteiger partial charge in [-0.3, -0.25) is 0 Å². The van der Waals surface area contributed by atoms with Gasteiger partial charge in [0.05, 0.1) is 56.3 Å². The lowest BCUT2D eigenvalue weighted by molar-refractivity contribution is -0.160. The Balaban J connectivity index is 0. The van der Waals surface area contributed by atoms with E-state index >= 15 is 0 Å². The number of esters is 10. The van der Waals surface area contributed by atoms with Crippen LogP contribution in [-0.2, 0) is 105 Å². The molecular weight excluding hydrogens is 1160 g/mol. The quantitative estimate of drug-likeness (QED) is 0.0113. The third kappa shape index (κ3) is 41.0. The van der Waals surface area contributed by atoms with Gasteiger partial charge in [0.1, 0.15) is 83.2 Å². The third-order valence-corrected chi connectivity index (χ3v) is 9.42. The lowest BCUT2D eigenvalue weighted by Gasteiger charge is -2.31. The molecule has 1 aromatic carbocycles. The summed E-state index contributed by atoms with van der Waals surface area (Å²) in [6, 6.07) is 3.60. The molecule has 4 heterocycles. The van der Waals surface area contributed by atoms with Crippen molar-refractivity contribution in [2.45, 2.75) is 46.0 Å². The normalized spacial score (nSPS) is 14.1. The average molecular weight is 1230 g/mol. The summed E-state index contributed by atoms with van der Waals surface area (Å²) in [5.41, 5.74) is -0.558. The fourth-order valence-electron chi connectivity index (χ4n) is 4.63. The maximum atomic E-state index is 12.6. The molecule has 5 rings (SSSR count). The Morgan fingerprint density at radius 1 is 0.568 bits per heavy atom. The SMILES string of the molecule is C#CCOCC1CO1.C=C(C)C(=O)OC(=O)C(=C)C.C=C(C)C(=O)OCC1CO1.C=C(C)C(=O)OCCOC#N.C=CC(=O)OCC(COC(=O)C=C)(COC(=O)C=C)COC(=O)c1ccc2c(c1)C(=O)OC2=O.C=CCOC#N.C=CCOCC1CO1. The Bertz CT molecular complexity index is 2700. The first kappa shape index (κ1) is 80.0. The number of carbonyl (C=O) groups excluding carboxylic acids is 10. The lowest BCUT2D eigenvalue weighted by Crippen LogP contribution is -2.43. The van der Waals surface area contributed by atoms with Gasteiger partial charge >= 0.3 is 59.7 Å². The van der Waals surface area contributed by atoms with Crippen LogP contribution in [0.3, 0.4) is 0 Å². The van der Waals surface area contributed by atoms with Gasteiger partial charge in [-0.2, -0.15) is 10.5 Å².